The van der Waals surface area contributed by atoms with Crippen LogP contribution in [-0.4, -0.2) is 33.4 Å². The molecule has 0 saturated carbocycles. The summed E-state index contributed by atoms with van der Waals surface area (Å²) < 4.78 is 21.2. The highest BCUT2D eigenvalue weighted by atomic mass is 19.1. The zero-order valence-electron chi connectivity index (χ0n) is 17.0. The van der Waals surface area contributed by atoms with E-state index in [-0.39, 0.29) is 5.82 Å². The third kappa shape index (κ3) is 4.41. The van der Waals surface area contributed by atoms with Crippen LogP contribution in [0.1, 0.15) is 17.1 Å². The van der Waals surface area contributed by atoms with Crippen molar-refractivity contribution in [1.82, 2.24) is 25.1 Å². The molecule has 0 amide bonds. The Morgan fingerprint density at radius 1 is 1.13 bits per heavy atom. The Hall–Kier alpha value is -3.45. The van der Waals surface area contributed by atoms with Crippen molar-refractivity contribution in [2.45, 2.75) is 19.9 Å². The maximum Gasteiger partial charge on any atom is 0.148 e. The van der Waals surface area contributed by atoms with Crippen molar-refractivity contribution in [3.05, 3.63) is 83.8 Å². The van der Waals surface area contributed by atoms with Crippen molar-refractivity contribution in [3.8, 4) is 22.7 Å². The Bertz CT molecular complexity index is 1120. The molecule has 0 atom stereocenters. The van der Waals surface area contributed by atoms with Gasteiger partial charge in [-0.1, -0.05) is 12.1 Å². The summed E-state index contributed by atoms with van der Waals surface area (Å²) in [6.07, 6.45) is 4.50. The summed E-state index contributed by atoms with van der Waals surface area (Å²) in [6.45, 7) is 3.36. The average Bonchev–Trinajstić information content (AvgIpc) is 3.38. The molecular formula is C23H24FN5O. The van der Waals surface area contributed by atoms with Gasteiger partial charge in [-0.25, -0.2) is 14.1 Å². The normalized spacial score (nSPS) is 11.0. The molecule has 2 aromatic carbocycles. The number of imidazole rings is 1. The van der Waals surface area contributed by atoms with Crippen LogP contribution in [0.5, 0.6) is 5.75 Å². The van der Waals surface area contributed by atoms with E-state index in [1.807, 2.05) is 43.6 Å². The molecule has 0 aliphatic heterocycles. The second kappa shape index (κ2) is 8.92. The van der Waals surface area contributed by atoms with Gasteiger partial charge in [-0.15, -0.1) is 0 Å². The topological polar surface area (TPSA) is 67.8 Å². The summed E-state index contributed by atoms with van der Waals surface area (Å²) in [5.41, 5.74) is 4.22. The number of H-pyrrole nitrogens is 1. The Morgan fingerprint density at radius 3 is 2.63 bits per heavy atom. The number of rotatable bonds is 8. The zero-order chi connectivity index (χ0) is 20.9. The third-order valence-electron chi connectivity index (χ3n) is 4.86. The quantitative estimate of drug-likeness (QED) is 0.434. The van der Waals surface area contributed by atoms with Crippen molar-refractivity contribution in [2.24, 2.45) is 0 Å². The number of aromatic amines is 1. The lowest BCUT2D eigenvalue weighted by molar-refractivity contribution is 0.415. The number of nitrogens with zero attached hydrogens (tertiary/aromatic N) is 3. The molecule has 0 spiro atoms. The van der Waals surface area contributed by atoms with Crippen LogP contribution >= 0.6 is 0 Å². The number of benzene rings is 2. The number of hydrogen-bond donors (Lipinski definition) is 2. The average molecular weight is 405 g/mol. The van der Waals surface area contributed by atoms with Crippen LogP contribution in [0.15, 0.2) is 60.9 Å². The van der Waals surface area contributed by atoms with Crippen LogP contribution in [0.2, 0.25) is 0 Å². The minimum Gasteiger partial charge on any atom is -0.497 e. The van der Waals surface area contributed by atoms with Crippen molar-refractivity contribution >= 4 is 0 Å². The molecule has 0 radical (unpaired) electrons. The van der Waals surface area contributed by atoms with Gasteiger partial charge in [0.1, 0.15) is 23.1 Å². The second-order valence-corrected chi connectivity index (χ2v) is 7.07. The van der Waals surface area contributed by atoms with Gasteiger partial charge in [-0.3, -0.25) is 0 Å². The molecular weight excluding hydrogens is 381 g/mol. The van der Waals surface area contributed by atoms with Gasteiger partial charge in [0.25, 0.3) is 0 Å². The highest BCUT2D eigenvalue weighted by molar-refractivity contribution is 5.64. The van der Waals surface area contributed by atoms with Gasteiger partial charge in [0.15, 0.2) is 0 Å². The number of methoxy groups -OCH3 is 1. The molecule has 2 heterocycles. The van der Waals surface area contributed by atoms with Gasteiger partial charge in [0, 0.05) is 48.7 Å². The van der Waals surface area contributed by atoms with Gasteiger partial charge in [0.2, 0.25) is 0 Å². The molecule has 0 bridgehead atoms. The molecule has 2 aromatic heterocycles. The Labute approximate surface area is 174 Å². The molecule has 30 heavy (non-hydrogen) atoms. The van der Waals surface area contributed by atoms with Crippen LogP contribution < -0.4 is 10.1 Å². The lowest BCUT2D eigenvalue weighted by Crippen LogP contribution is -2.17. The van der Waals surface area contributed by atoms with Gasteiger partial charge < -0.3 is 15.0 Å². The van der Waals surface area contributed by atoms with Gasteiger partial charge in [0.05, 0.1) is 12.8 Å². The van der Waals surface area contributed by atoms with Crippen LogP contribution in [-0.2, 0) is 13.0 Å². The number of para-hydroxylation sites is 1. The third-order valence-corrected chi connectivity index (χ3v) is 4.86. The molecule has 0 unspecified atom stereocenters. The molecule has 0 fully saturated rings. The van der Waals surface area contributed by atoms with E-state index in [2.05, 4.69) is 20.4 Å². The van der Waals surface area contributed by atoms with E-state index >= 15 is 0 Å². The van der Waals surface area contributed by atoms with Crippen molar-refractivity contribution < 1.29 is 9.13 Å². The monoisotopic (exact) mass is 405 g/mol. The SMILES string of the molecule is COc1ccc(-c2nn(-c3ccccc3F)cc2CNCCc2ncc(C)[nH]2)cc1. The molecule has 0 aliphatic carbocycles. The fourth-order valence-corrected chi connectivity index (χ4v) is 3.32. The Morgan fingerprint density at radius 2 is 1.93 bits per heavy atom. The smallest absolute Gasteiger partial charge is 0.148 e. The van der Waals surface area contributed by atoms with E-state index < -0.39 is 0 Å². The summed E-state index contributed by atoms with van der Waals surface area (Å²) in [4.78, 5) is 7.56. The minimum atomic E-state index is -0.311. The predicted octanol–water partition coefficient (Wildman–Crippen LogP) is 4.05. The van der Waals surface area contributed by atoms with E-state index in [0.29, 0.717) is 12.2 Å². The predicted molar refractivity (Wildman–Crippen MR) is 114 cm³/mol. The van der Waals surface area contributed by atoms with E-state index in [4.69, 9.17) is 4.74 Å². The molecule has 4 aromatic rings. The molecule has 0 aliphatic rings. The maximum absolute atomic E-state index is 14.3. The first-order valence-corrected chi connectivity index (χ1v) is 9.83. The first-order chi connectivity index (χ1) is 14.6. The fraction of sp³-hybridized carbons (Fsp3) is 0.217. The first-order valence-electron chi connectivity index (χ1n) is 9.83. The summed E-state index contributed by atoms with van der Waals surface area (Å²) in [7, 11) is 1.64. The Kier molecular flexibility index (Phi) is 5.90. The van der Waals surface area contributed by atoms with E-state index in [1.165, 1.54) is 6.07 Å². The summed E-state index contributed by atoms with van der Waals surface area (Å²) >= 11 is 0. The number of nitrogens with one attached hydrogen (secondary N) is 2. The zero-order valence-corrected chi connectivity index (χ0v) is 17.0. The standard InChI is InChI=1S/C23H24FN5O/c1-16-13-26-22(27-16)11-12-25-14-18-15-29(21-6-4-3-5-20(21)24)28-23(18)17-7-9-19(30-2)10-8-17/h3-10,13,15,25H,11-12,14H2,1-2H3,(H,26,27). The summed E-state index contributed by atoms with van der Waals surface area (Å²) in [5.74, 6) is 1.42. The first kappa shape index (κ1) is 19.8. The number of aryl methyl sites for hydroxylation is 1. The number of aromatic nitrogens is 4. The van der Waals surface area contributed by atoms with Gasteiger partial charge in [-0.05, 0) is 43.3 Å². The lowest BCUT2D eigenvalue weighted by Gasteiger charge is -2.05. The van der Waals surface area contributed by atoms with Crippen LogP contribution in [0.3, 0.4) is 0 Å². The molecule has 6 nitrogen and oxygen atoms in total. The molecule has 7 heteroatoms. The van der Waals surface area contributed by atoms with E-state index in [1.54, 1.807) is 30.0 Å². The van der Waals surface area contributed by atoms with Gasteiger partial charge >= 0.3 is 0 Å². The van der Waals surface area contributed by atoms with Crippen molar-refractivity contribution in [2.75, 3.05) is 13.7 Å². The number of hydrogen-bond acceptors (Lipinski definition) is 4. The highest BCUT2D eigenvalue weighted by Gasteiger charge is 2.14. The minimum absolute atomic E-state index is 0.311. The van der Waals surface area contributed by atoms with Crippen LogP contribution in [0.4, 0.5) is 4.39 Å². The highest BCUT2D eigenvalue weighted by Crippen LogP contribution is 2.26. The van der Waals surface area contributed by atoms with E-state index in [9.17, 15) is 4.39 Å². The second-order valence-electron chi connectivity index (χ2n) is 7.07. The number of halogens is 1. The maximum atomic E-state index is 14.3. The van der Waals surface area contributed by atoms with Crippen molar-refractivity contribution in [1.29, 1.82) is 0 Å². The van der Waals surface area contributed by atoms with E-state index in [0.717, 1.165) is 47.1 Å². The Balaban J connectivity index is 1.57. The molecule has 2 N–H and O–H groups in total. The van der Waals surface area contributed by atoms with Gasteiger partial charge in [-0.2, -0.15) is 5.10 Å². The van der Waals surface area contributed by atoms with Crippen LogP contribution in [0, 0.1) is 12.7 Å². The molecule has 0 saturated heterocycles. The molecule has 4 rings (SSSR count). The largest absolute Gasteiger partial charge is 0.497 e. The van der Waals surface area contributed by atoms with Crippen molar-refractivity contribution in [3.63, 3.8) is 0 Å². The summed E-state index contributed by atoms with van der Waals surface area (Å²) in [6, 6.07) is 14.3. The number of ether oxygens (including phenoxy) is 1. The molecule has 154 valence electrons. The summed E-state index contributed by atoms with van der Waals surface area (Å²) in [5, 5.41) is 8.12. The fourth-order valence-electron chi connectivity index (χ4n) is 3.32. The lowest BCUT2D eigenvalue weighted by atomic mass is 10.1. The van der Waals surface area contributed by atoms with Crippen LogP contribution in [0.25, 0.3) is 16.9 Å².